The van der Waals surface area contributed by atoms with Crippen LogP contribution in [0.5, 0.6) is 0 Å². The van der Waals surface area contributed by atoms with Crippen LogP contribution in [0.15, 0.2) is 78.5 Å². The van der Waals surface area contributed by atoms with Crippen molar-refractivity contribution < 1.29 is 9.59 Å². The number of benzene rings is 3. The molecular formula is C25H20Cl2N2O2. The number of hydrogen-bond acceptors (Lipinski definition) is 3. The number of hydrogen-bond donors (Lipinski definition) is 1. The summed E-state index contributed by atoms with van der Waals surface area (Å²) in [5.41, 5.74) is 3.80. The third-order valence-corrected chi connectivity index (χ3v) is 5.84. The van der Waals surface area contributed by atoms with Crippen molar-refractivity contribution in [3.8, 4) is 0 Å². The molecule has 1 aliphatic rings. The van der Waals surface area contributed by atoms with Gasteiger partial charge < -0.3 is 5.32 Å². The minimum Gasteiger partial charge on any atom is -0.350 e. The molecule has 1 heterocycles. The lowest BCUT2D eigenvalue weighted by Gasteiger charge is -2.16. The van der Waals surface area contributed by atoms with Crippen LogP contribution in [0.2, 0.25) is 10.0 Å². The number of carbonyl (C=O) groups is 2. The molecule has 3 aromatic carbocycles. The zero-order valence-electron chi connectivity index (χ0n) is 16.9. The first-order valence-electron chi connectivity index (χ1n) is 9.93. The Morgan fingerprint density at radius 1 is 0.839 bits per heavy atom. The predicted octanol–water partition coefficient (Wildman–Crippen LogP) is 5.95. The van der Waals surface area contributed by atoms with E-state index in [0.717, 1.165) is 12.1 Å². The van der Waals surface area contributed by atoms with Gasteiger partial charge in [-0.1, -0.05) is 72.6 Å². The van der Waals surface area contributed by atoms with Crippen molar-refractivity contribution in [3.05, 3.63) is 105 Å². The number of anilines is 1. The number of amides is 2. The molecule has 0 radical (unpaired) electrons. The van der Waals surface area contributed by atoms with Gasteiger partial charge in [0, 0.05) is 15.7 Å². The number of carbonyl (C=O) groups excluding carboxylic acids is 2. The van der Waals surface area contributed by atoms with E-state index < -0.39 is 5.91 Å². The smallest absolute Gasteiger partial charge is 0.278 e. The fourth-order valence-electron chi connectivity index (χ4n) is 3.49. The van der Waals surface area contributed by atoms with Crippen molar-refractivity contribution in [1.82, 2.24) is 4.90 Å². The lowest BCUT2D eigenvalue weighted by molar-refractivity contribution is -0.137. The molecule has 6 heteroatoms. The second-order valence-electron chi connectivity index (χ2n) is 7.22. The number of aryl methyl sites for hydroxylation is 1. The van der Waals surface area contributed by atoms with Gasteiger partial charge in [0.05, 0.1) is 12.1 Å². The van der Waals surface area contributed by atoms with Crippen molar-refractivity contribution in [2.75, 3.05) is 5.32 Å². The van der Waals surface area contributed by atoms with Gasteiger partial charge in [0.2, 0.25) is 0 Å². The fourth-order valence-corrected chi connectivity index (χ4v) is 3.81. The molecule has 0 bridgehead atoms. The third-order valence-electron chi connectivity index (χ3n) is 5.22. The topological polar surface area (TPSA) is 49.4 Å². The molecule has 156 valence electrons. The fraction of sp³-hybridized carbons (Fsp3) is 0.120. The van der Waals surface area contributed by atoms with E-state index in [1.807, 2.05) is 36.4 Å². The van der Waals surface area contributed by atoms with Crippen molar-refractivity contribution in [2.45, 2.75) is 19.9 Å². The Bertz CT molecular complexity index is 1170. The molecule has 1 aliphatic heterocycles. The molecule has 3 aromatic rings. The van der Waals surface area contributed by atoms with E-state index in [9.17, 15) is 9.59 Å². The highest BCUT2D eigenvalue weighted by Gasteiger charge is 2.39. The molecule has 0 atom stereocenters. The third kappa shape index (κ3) is 4.36. The second kappa shape index (κ2) is 8.96. The molecule has 2 amide bonds. The number of halogens is 2. The van der Waals surface area contributed by atoms with Gasteiger partial charge in [0.1, 0.15) is 5.70 Å². The molecule has 0 aromatic heterocycles. The molecule has 0 fully saturated rings. The maximum atomic E-state index is 13.3. The molecule has 0 spiro atoms. The largest absolute Gasteiger partial charge is 0.350 e. The molecule has 31 heavy (non-hydrogen) atoms. The molecule has 0 aliphatic carbocycles. The normalized spacial score (nSPS) is 13.8. The lowest BCUT2D eigenvalue weighted by Crippen LogP contribution is -2.32. The quantitative estimate of drug-likeness (QED) is 0.472. The molecule has 0 saturated heterocycles. The second-order valence-corrected chi connectivity index (χ2v) is 8.06. The molecule has 0 unspecified atom stereocenters. The highest BCUT2D eigenvalue weighted by molar-refractivity contribution is 6.37. The van der Waals surface area contributed by atoms with Gasteiger partial charge in [-0.25, -0.2) is 0 Å². The minimum atomic E-state index is -0.394. The van der Waals surface area contributed by atoms with Crippen LogP contribution in [-0.2, 0) is 22.6 Å². The zero-order chi connectivity index (χ0) is 22.0. The Morgan fingerprint density at radius 3 is 2.16 bits per heavy atom. The first kappa shape index (κ1) is 21.2. The predicted molar refractivity (Wildman–Crippen MR) is 125 cm³/mol. The van der Waals surface area contributed by atoms with Gasteiger partial charge in [-0.3, -0.25) is 14.5 Å². The average molecular weight is 451 g/mol. The van der Waals surface area contributed by atoms with Crippen LogP contribution in [0.1, 0.15) is 23.6 Å². The molecular weight excluding hydrogens is 431 g/mol. The number of rotatable bonds is 6. The number of nitrogens with one attached hydrogen (secondary N) is 1. The minimum absolute atomic E-state index is 0.0916. The summed E-state index contributed by atoms with van der Waals surface area (Å²) in [6, 6.07) is 21.9. The maximum absolute atomic E-state index is 13.3. The van der Waals surface area contributed by atoms with E-state index in [1.165, 1.54) is 10.5 Å². The summed E-state index contributed by atoms with van der Waals surface area (Å²) in [5.74, 6) is -0.769. The van der Waals surface area contributed by atoms with Crippen molar-refractivity contribution in [2.24, 2.45) is 0 Å². The Hall–Kier alpha value is -3.08. The van der Waals surface area contributed by atoms with Crippen molar-refractivity contribution >= 4 is 46.3 Å². The monoisotopic (exact) mass is 450 g/mol. The molecule has 4 rings (SSSR count). The van der Waals surface area contributed by atoms with Gasteiger partial charge in [-0.05, 0) is 53.4 Å². The first-order valence-corrected chi connectivity index (χ1v) is 10.7. The SMILES string of the molecule is CCc1ccc(NC2=C(c3ccc(Cl)cc3)C(=O)N(Cc3ccccc3Cl)C2=O)cc1. The molecule has 0 saturated carbocycles. The summed E-state index contributed by atoms with van der Waals surface area (Å²) >= 11 is 12.3. The summed E-state index contributed by atoms with van der Waals surface area (Å²) in [4.78, 5) is 27.9. The van der Waals surface area contributed by atoms with Gasteiger partial charge in [-0.15, -0.1) is 0 Å². The Kier molecular flexibility index (Phi) is 6.12. The first-order chi connectivity index (χ1) is 15.0. The van der Waals surface area contributed by atoms with E-state index in [1.54, 1.807) is 36.4 Å². The van der Waals surface area contributed by atoms with E-state index >= 15 is 0 Å². The summed E-state index contributed by atoms with van der Waals surface area (Å²) in [6.07, 6.45) is 0.919. The van der Waals surface area contributed by atoms with E-state index in [-0.39, 0.29) is 18.1 Å². The van der Waals surface area contributed by atoms with Crippen molar-refractivity contribution in [1.29, 1.82) is 0 Å². The van der Waals surface area contributed by atoms with E-state index in [2.05, 4.69) is 12.2 Å². The van der Waals surface area contributed by atoms with E-state index in [4.69, 9.17) is 23.2 Å². The van der Waals surface area contributed by atoms with Gasteiger partial charge in [-0.2, -0.15) is 0 Å². The number of imide groups is 1. The Balaban J connectivity index is 1.73. The van der Waals surface area contributed by atoms with Crippen LogP contribution in [0, 0.1) is 0 Å². The lowest BCUT2D eigenvalue weighted by atomic mass is 10.0. The molecule has 4 nitrogen and oxygen atoms in total. The van der Waals surface area contributed by atoms with Crippen LogP contribution >= 0.6 is 23.2 Å². The zero-order valence-corrected chi connectivity index (χ0v) is 18.4. The summed E-state index contributed by atoms with van der Waals surface area (Å²) < 4.78 is 0. The summed E-state index contributed by atoms with van der Waals surface area (Å²) in [5, 5.41) is 4.23. The van der Waals surface area contributed by atoms with E-state index in [0.29, 0.717) is 26.7 Å². The highest BCUT2D eigenvalue weighted by Crippen LogP contribution is 2.33. The Morgan fingerprint density at radius 2 is 1.52 bits per heavy atom. The average Bonchev–Trinajstić information content (AvgIpc) is 3.00. The van der Waals surface area contributed by atoms with Gasteiger partial charge in [0.15, 0.2) is 0 Å². The highest BCUT2D eigenvalue weighted by atomic mass is 35.5. The van der Waals surface area contributed by atoms with Crippen LogP contribution in [0.4, 0.5) is 5.69 Å². The van der Waals surface area contributed by atoms with Gasteiger partial charge in [0.25, 0.3) is 11.8 Å². The summed E-state index contributed by atoms with van der Waals surface area (Å²) in [6.45, 7) is 2.17. The molecule has 1 N–H and O–H groups in total. The number of nitrogens with zero attached hydrogens (tertiary/aromatic N) is 1. The Labute approximate surface area is 191 Å². The summed E-state index contributed by atoms with van der Waals surface area (Å²) in [7, 11) is 0. The standard InChI is InChI=1S/C25H20Cl2N2O2/c1-2-16-7-13-20(14-8-16)28-23-22(17-9-11-19(26)12-10-17)24(30)29(25(23)31)15-18-5-3-4-6-21(18)27/h3-14,28H,2,15H2,1H3. The van der Waals surface area contributed by atoms with Crippen LogP contribution in [-0.4, -0.2) is 16.7 Å². The van der Waals surface area contributed by atoms with Crippen LogP contribution < -0.4 is 5.32 Å². The van der Waals surface area contributed by atoms with Crippen LogP contribution in [0.3, 0.4) is 0 Å². The van der Waals surface area contributed by atoms with Gasteiger partial charge >= 0.3 is 0 Å². The maximum Gasteiger partial charge on any atom is 0.278 e. The van der Waals surface area contributed by atoms with Crippen molar-refractivity contribution in [3.63, 3.8) is 0 Å². The van der Waals surface area contributed by atoms with Crippen LogP contribution in [0.25, 0.3) is 5.57 Å².